The molecular formula is C12H11N. The molecule has 1 rings (SSSR count). The third-order valence-electron chi connectivity index (χ3n) is 1.91. The Bertz CT molecular complexity index is 340. The fourth-order valence-corrected chi connectivity index (χ4v) is 1.10. The van der Waals surface area contributed by atoms with Crippen molar-refractivity contribution in [3.63, 3.8) is 0 Å². The highest BCUT2D eigenvalue weighted by Gasteiger charge is 2.03. The van der Waals surface area contributed by atoms with E-state index in [1.54, 1.807) is 12.2 Å². The number of hydrogen-bond donors (Lipinski definition) is 0. The van der Waals surface area contributed by atoms with Gasteiger partial charge < -0.3 is 0 Å². The lowest BCUT2D eigenvalue weighted by molar-refractivity contribution is 1.10. The summed E-state index contributed by atoms with van der Waals surface area (Å²) >= 11 is 0. The molecule has 0 aliphatic carbocycles. The smallest absolute Gasteiger partial charge is 0.0891 e. The van der Waals surface area contributed by atoms with Crippen molar-refractivity contribution in [1.29, 1.82) is 5.26 Å². The third kappa shape index (κ3) is 2.07. The Balaban J connectivity index is 2.98. The first-order valence-corrected chi connectivity index (χ1v) is 4.06. The van der Waals surface area contributed by atoms with Crippen molar-refractivity contribution in [2.24, 2.45) is 0 Å². The van der Waals surface area contributed by atoms with E-state index in [1.165, 1.54) is 0 Å². The molecule has 1 aromatic carbocycles. The van der Waals surface area contributed by atoms with E-state index in [-0.39, 0.29) is 5.92 Å². The second-order valence-electron chi connectivity index (χ2n) is 2.71. The molecule has 0 saturated heterocycles. The van der Waals surface area contributed by atoms with Crippen molar-refractivity contribution < 1.29 is 0 Å². The second kappa shape index (κ2) is 4.27. The maximum absolute atomic E-state index is 8.76. The Morgan fingerprint density at radius 3 is 2.23 bits per heavy atom. The van der Waals surface area contributed by atoms with Gasteiger partial charge in [-0.25, -0.2) is 0 Å². The van der Waals surface area contributed by atoms with Gasteiger partial charge in [0.1, 0.15) is 0 Å². The van der Waals surface area contributed by atoms with Gasteiger partial charge in [0, 0.05) is 0 Å². The highest BCUT2D eigenvalue weighted by atomic mass is 14.3. The molecule has 1 atom stereocenters. The average Bonchev–Trinajstić information content (AvgIpc) is 2.21. The van der Waals surface area contributed by atoms with Gasteiger partial charge in [-0.3, -0.25) is 0 Å². The fourth-order valence-electron chi connectivity index (χ4n) is 1.10. The Hall–Kier alpha value is -1.81. The van der Waals surface area contributed by atoms with Crippen LogP contribution in [0.15, 0.2) is 43.5 Å². The summed E-state index contributed by atoms with van der Waals surface area (Å²) in [5.74, 6) is -0.209. The fraction of sp³-hybridized carbons (Fsp3) is 0.0833. The zero-order valence-electron chi connectivity index (χ0n) is 7.40. The van der Waals surface area contributed by atoms with Gasteiger partial charge in [0.05, 0.1) is 12.0 Å². The van der Waals surface area contributed by atoms with Gasteiger partial charge in [0.25, 0.3) is 0 Å². The largest absolute Gasteiger partial charge is 0.197 e. The Morgan fingerprint density at radius 1 is 1.23 bits per heavy atom. The molecule has 0 heterocycles. The van der Waals surface area contributed by atoms with Crippen LogP contribution in [0.1, 0.15) is 17.0 Å². The van der Waals surface area contributed by atoms with Gasteiger partial charge >= 0.3 is 0 Å². The van der Waals surface area contributed by atoms with Crippen molar-refractivity contribution in [2.75, 3.05) is 0 Å². The molecule has 0 bridgehead atoms. The van der Waals surface area contributed by atoms with Crippen molar-refractivity contribution in [3.05, 3.63) is 54.6 Å². The minimum absolute atomic E-state index is 0.209. The van der Waals surface area contributed by atoms with Crippen LogP contribution in [0, 0.1) is 11.3 Å². The lowest BCUT2D eigenvalue weighted by atomic mass is 10.00. The quantitative estimate of drug-likeness (QED) is 0.638. The zero-order valence-corrected chi connectivity index (χ0v) is 7.40. The molecule has 1 unspecified atom stereocenters. The SMILES string of the molecule is C=Cc1ccc(C(C#N)C=C)cc1. The zero-order chi connectivity index (χ0) is 9.68. The first-order valence-electron chi connectivity index (χ1n) is 4.06. The van der Waals surface area contributed by atoms with Crippen LogP contribution in [-0.2, 0) is 0 Å². The van der Waals surface area contributed by atoms with Crippen LogP contribution >= 0.6 is 0 Å². The first-order chi connectivity index (χ1) is 6.31. The number of hydrogen-bond acceptors (Lipinski definition) is 1. The molecule has 1 nitrogen and oxygen atoms in total. The summed E-state index contributed by atoms with van der Waals surface area (Å²) in [7, 11) is 0. The number of allylic oxidation sites excluding steroid dienone is 1. The van der Waals surface area contributed by atoms with Crippen LogP contribution in [-0.4, -0.2) is 0 Å². The van der Waals surface area contributed by atoms with Crippen LogP contribution in [0.5, 0.6) is 0 Å². The van der Waals surface area contributed by atoms with Gasteiger partial charge in [-0.15, -0.1) is 6.58 Å². The monoisotopic (exact) mass is 169 g/mol. The van der Waals surface area contributed by atoms with Crippen LogP contribution in [0.4, 0.5) is 0 Å². The molecule has 0 aliphatic rings. The molecule has 0 fully saturated rings. The lowest BCUT2D eigenvalue weighted by Gasteiger charge is -2.03. The number of benzene rings is 1. The molecule has 0 N–H and O–H groups in total. The molecule has 0 amide bonds. The third-order valence-corrected chi connectivity index (χ3v) is 1.91. The van der Waals surface area contributed by atoms with Crippen molar-refractivity contribution in [2.45, 2.75) is 5.92 Å². The summed E-state index contributed by atoms with van der Waals surface area (Å²) in [6.07, 6.45) is 3.42. The molecule has 13 heavy (non-hydrogen) atoms. The summed E-state index contributed by atoms with van der Waals surface area (Å²) in [5, 5.41) is 8.76. The summed E-state index contributed by atoms with van der Waals surface area (Å²) in [6, 6.07) is 9.89. The molecule has 0 spiro atoms. The van der Waals surface area contributed by atoms with E-state index in [9.17, 15) is 0 Å². The van der Waals surface area contributed by atoms with Gasteiger partial charge in [0.15, 0.2) is 0 Å². The number of nitrogens with zero attached hydrogens (tertiary/aromatic N) is 1. The standard InChI is InChI=1S/C12H11N/c1-3-10-5-7-12(8-6-10)11(4-2)9-13/h3-8,11H,1-2H2. The summed E-state index contributed by atoms with van der Waals surface area (Å²) in [4.78, 5) is 0. The number of nitriles is 1. The minimum Gasteiger partial charge on any atom is -0.197 e. The van der Waals surface area contributed by atoms with E-state index in [4.69, 9.17) is 5.26 Å². The predicted octanol–water partition coefficient (Wildman–Crippen LogP) is 3.12. The van der Waals surface area contributed by atoms with Crippen LogP contribution in [0.2, 0.25) is 0 Å². The van der Waals surface area contributed by atoms with Gasteiger partial charge in [-0.2, -0.15) is 5.26 Å². The van der Waals surface area contributed by atoms with Crippen molar-refractivity contribution in [3.8, 4) is 6.07 Å². The van der Waals surface area contributed by atoms with Gasteiger partial charge in [0.2, 0.25) is 0 Å². The Kier molecular flexibility index (Phi) is 3.05. The van der Waals surface area contributed by atoms with Gasteiger partial charge in [-0.05, 0) is 11.1 Å². The molecule has 0 aromatic heterocycles. The molecule has 0 aliphatic heterocycles. The topological polar surface area (TPSA) is 23.8 Å². The molecule has 1 heteroatoms. The summed E-state index contributed by atoms with van der Waals surface area (Å²) in [6.45, 7) is 7.27. The van der Waals surface area contributed by atoms with Crippen LogP contribution in [0.3, 0.4) is 0 Å². The van der Waals surface area contributed by atoms with E-state index >= 15 is 0 Å². The normalized spacial score (nSPS) is 11.3. The molecular weight excluding hydrogens is 158 g/mol. The highest BCUT2D eigenvalue weighted by molar-refractivity contribution is 5.48. The summed E-state index contributed by atoms with van der Waals surface area (Å²) in [5.41, 5.74) is 2.03. The van der Waals surface area contributed by atoms with E-state index in [0.29, 0.717) is 0 Å². The predicted molar refractivity (Wildman–Crippen MR) is 55.1 cm³/mol. The maximum Gasteiger partial charge on any atom is 0.0891 e. The highest BCUT2D eigenvalue weighted by Crippen LogP contribution is 2.16. The van der Waals surface area contributed by atoms with Crippen molar-refractivity contribution in [1.82, 2.24) is 0 Å². The van der Waals surface area contributed by atoms with E-state index in [1.807, 2.05) is 24.3 Å². The minimum atomic E-state index is -0.209. The molecule has 0 radical (unpaired) electrons. The van der Waals surface area contributed by atoms with Gasteiger partial charge in [-0.1, -0.05) is 43.0 Å². The summed E-state index contributed by atoms with van der Waals surface area (Å²) < 4.78 is 0. The average molecular weight is 169 g/mol. The molecule has 0 saturated carbocycles. The second-order valence-corrected chi connectivity index (χ2v) is 2.71. The van der Waals surface area contributed by atoms with E-state index in [0.717, 1.165) is 11.1 Å². The van der Waals surface area contributed by atoms with Crippen LogP contribution in [0.25, 0.3) is 6.08 Å². The molecule has 64 valence electrons. The van der Waals surface area contributed by atoms with E-state index in [2.05, 4.69) is 19.2 Å². The Morgan fingerprint density at radius 2 is 1.85 bits per heavy atom. The molecule has 1 aromatic rings. The number of rotatable bonds is 3. The maximum atomic E-state index is 8.76. The lowest BCUT2D eigenvalue weighted by Crippen LogP contribution is -1.89. The first kappa shape index (κ1) is 9.28. The van der Waals surface area contributed by atoms with Crippen LogP contribution < -0.4 is 0 Å². The Labute approximate surface area is 78.6 Å². The van der Waals surface area contributed by atoms with E-state index < -0.39 is 0 Å². The van der Waals surface area contributed by atoms with Crippen molar-refractivity contribution >= 4 is 6.08 Å².